The van der Waals surface area contributed by atoms with Crippen molar-refractivity contribution in [3.63, 3.8) is 0 Å². The molecule has 1 aliphatic heterocycles. The number of hydrogen-bond acceptors (Lipinski definition) is 3. The number of amides is 1. The molecule has 1 N–H and O–H groups in total. The quantitative estimate of drug-likeness (QED) is 0.798. The molecule has 1 fully saturated rings. The van der Waals surface area contributed by atoms with Gasteiger partial charge in [-0.25, -0.2) is 9.78 Å². The van der Waals surface area contributed by atoms with Gasteiger partial charge in [0.1, 0.15) is 11.9 Å². The summed E-state index contributed by atoms with van der Waals surface area (Å²) in [4.78, 5) is 15.4. The van der Waals surface area contributed by atoms with Crippen molar-refractivity contribution in [2.45, 2.75) is 18.9 Å². The van der Waals surface area contributed by atoms with E-state index in [2.05, 4.69) is 10.3 Å². The first-order valence-corrected chi connectivity index (χ1v) is 5.25. The molecule has 1 aromatic heterocycles. The molecular weight excluding hydrogens is 216 g/mol. The highest BCUT2D eigenvalue weighted by Crippen LogP contribution is 2.48. The molecule has 1 unspecified atom stereocenters. The Hall–Kier alpha value is -1.29. The minimum absolute atomic E-state index is 0.213. The van der Waals surface area contributed by atoms with Gasteiger partial charge in [0.25, 0.3) is 0 Å². The molecule has 0 bridgehead atoms. The van der Waals surface area contributed by atoms with Crippen molar-refractivity contribution in [1.82, 2.24) is 4.98 Å². The summed E-state index contributed by atoms with van der Waals surface area (Å²) < 4.78 is 5.24. The first kappa shape index (κ1) is 8.97. The van der Waals surface area contributed by atoms with Gasteiger partial charge in [0.2, 0.25) is 0 Å². The van der Waals surface area contributed by atoms with Gasteiger partial charge in [0, 0.05) is 12.1 Å². The van der Waals surface area contributed by atoms with Crippen molar-refractivity contribution in [3.05, 3.63) is 22.8 Å². The van der Waals surface area contributed by atoms with Gasteiger partial charge in [-0.15, -0.1) is 0 Å². The molecule has 0 saturated heterocycles. The summed E-state index contributed by atoms with van der Waals surface area (Å²) in [6, 6.07) is 1.72. The smallest absolute Gasteiger partial charge is 0.413 e. The first-order chi connectivity index (χ1) is 7.25. The predicted molar refractivity (Wildman–Crippen MR) is 54.8 cm³/mol. The summed E-state index contributed by atoms with van der Waals surface area (Å²) in [6.07, 6.45) is 3.10. The fourth-order valence-corrected chi connectivity index (χ4v) is 2.10. The van der Waals surface area contributed by atoms with Crippen LogP contribution in [0.5, 0.6) is 0 Å². The number of rotatable bonds is 1. The molecule has 3 rings (SSSR count). The molecule has 4 nitrogen and oxygen atoms in total. The van der Waals surface area contributed by atoms with Gasteiger partial charge in [0.05, 0.1) is 10.6 Å². The van der Waals surface area contributed by atoms with Crippen molar-refractivity contribution >= 4 is 23.5 Å². The molecule has 0 aromatic carbocycles. The number of fused-ring (bicyclic) bond motifs is 1. The number of hydrogen-bond donors (Lipinski definition) is 1. The Bertz CT molecular complexity index is 431. The average molecular weight is 225 g/mol. The van der Waals surface area contributed by atoms with E-state index in [1.54, 1.807) is 12.3 Å². The second-order valence-electron chi connectivity index (χ2n) is 3.84. The maximum Gasteiger partial charge on any atom is 0.413 e. The first-order valence-electron chi connectivity index (χ1n) is 4.88. The van der Waals surface area contributed by atoms with Gasteiger partial charge >= 0.3 is 6.09 Å². The molecule has 78 valence electrons. The van der Waals surface area contributed by atoms with Gasteiger partial charge in [-0.3, -0.25) is 5.32 Å². The molecule has 1 aromatic rings. The monoisotopic (exact) mass is 224 g/mol. The Morgan fingerprint density at radius 2 is 2.33 bits per heavy atom. The zero-order valence-corrected chi connectivity index (χ0v) is 8.62. The van der Waals surface area contributed by atoms with Crippen LogP contribution in [0.3, 0.4) is 0 Å². The normalized spacial score (nSPS) is 24.1. The zero-order valence-electron chi connectivity index (χ0n) is 7.87. The van der Waals surface area contributed by atoms with Crippen LogP contribution in [-0.2, 0) is 4.74 Å². The Kier molecular flexibility index (Phi) is 1.85. The van der Waals surface area contributed by atoms with Crippen LogP contribution in [0.2, 0.25) is 5.02 Å². The third kappa shape index (κ3) is 1.45. The summed E-state index contributed by atoms with van der Waals surface area (Å²) in [6.45, 7) is 0. The lowest BCUT2D eigenvalue weighted by Crippen LogP contribution is -2.26. The highest BCUT2D eigenvalue weighted by Gasteiger charge is 2.40. The molecule has 1 saturated carbocycles. The fraction of sp³-hybridized carbons (Fsp3) is 0.400. The molecule has 1 amide bonds. The summed E-state index contributed by atoms with van der Waals surface area (Å²) in [7, 11) is 0. The number of anilines is 1. The number of nitrogens with zero attached hydrogens (tertiary/aromatic N) is 1. The Morgan fingerprint density at radius 1 is 1.53 bits per heavy atom. The number of ether oxygens (including phenoxy) is 1. The second-order valence-corrected chi connectivity index (χ2v) is 4.25. The third-order valence-electron chi connectivity index (χ3n) is 2.73. The van der Waals surface area contributed by atoms with E-state index in [9.17, 15) is 4.79 Å². The van der Waals surface area contributed by atoms with Gasteiger partial charge in [-0.05, 0) is 18.9 Å². The highest BCUT2D eigenvalue weighted by atomic mass is 35.5. The van der Waals surface area contributed by atoms with Crippen LogP contribution in [-0.4, -0.2) is 11.1 Å². The summed E-state index contributed by atoms with van der Waals surface area (Å²) in [5.74, 6) is 0.951. The van der Waals surface area contributed by atoms with Crippen molar-refractivity contribution in [2.75, 3.05) is 5.32 Å². The standard InChI is InChI=1S/C10H9ClN2O2/c11-6-3-4-12-9-7(6)8(5-1-2-5)15-10(14)13-9/h3-5,8H,1-2H2,(H,12,13,14). The minimum atomic E-state index is -0.436. The molecule has 0 spiro atoms. The maximum absolute atomic E-state index is 11.3. The fourth-order valence-electron chi connectivity index (χ4n) is 1.85. The van der Waals surface area contributed by atoms with Crippen LogP contribution in [0, 0.1) is 5.92 Å². The van der Waals surface area contributed by atoms with Crippen LogP contribution in [0.4, 0.5) is 10.6 Å². The van der Waals surface area contributed by atoms with Gasteiger partial charge in [-0.2, -0.15) is 0 Å². The third-order valence-corrected chi connectivity index (χ3v) is 3.06. The summed E-state index contributed by atoms with van der Waals surface area (Å²) >= 11 is 6.09. The molecule has 2 heterocycles. The van der Waals surface area contributed by atoms with E-state index < -0.39 is 6.09 Å². The van der Waals surface area contributed by atoms with Gasteiger partial charge < -0.3 is 4.74 Å². The maximum atomic E-state index is 11.3. The lowest BCUT2D eigenvalue weighted by atomic mass is 10.1. The van der Waals surface area contributed by atoms with E-state index in [0.717, 1.165) is 18.4 Å². The number of carbonyl (C=O) groups excluding carboxylic acids is 1. The van der Waals surface area contributed by atoms with Crippen molar-refractivity contribution < 1.29 is 9.53 Å². The van der Waals surface area contributed by atoms with Crippen molar-refractivity contribution in [2.24, 2.45) is 5.92 Å². The summed E-state index contributed by atoms with van der Waals surface area (Å²) in [5, 5.41) is 3.16. The number of pyridine rings is 1. The van der Waals surface area contributed by atoms with E-state index in [1.165, 1.54) is 0 Å². The molecule has 1 atom stereocenters. The van der Waals surface area contributed by atoms with Crippen LogP contribution in [0.25, 0.3) is 0 Å². The number of carbonyl (C=O) groups is 1. The molecule has 5 heteroatoms. The number of cyclic esters (lactones) is 1. The van der Waals surface area contributed by atoms with E-state index in [1.807, 2.05) is 0 Å². The Balaban J connectivity index is 2.10. The molecule has 1 aliphatic carbocycles. The Morgan fingerprint density at radius 3 is 3.07 bits per heavy atom. The van der Waals surface area contributed by atoms with Crippen LogP contribution in [0.15, 0.2) is 12.3 Å². The van der Waals surface area contributed by atoms with Crippen molar-refractivity contribution in [1.29, 1.82) is 0 Å². The minimum Gasteiger partial charge on any atom is -0.441 e. The molecule has 15 heavy (non-hydrogen) atoms. The lowest BCUT2D eigenvalue weighted by molar-refractivity contribution is 0.0926. The number of aromatic nitrogens is 1. The topological polar surface area (TPSA) is 51.2 Å². The number of halogens is 1. The van der Waals surface area contributed by atoms with Crippen molar-refractivity contribution in [3.8, 4) is 0 Å². The molecular formula is C10H9ClN2O2. The Labute approximate surface area is 91.6 Å². The van der Waals surface area contributed by atoms with E-state index in [-0.39, 0.29) is 6.10 Å². The zero-order chi connectivity index (χ0) is 10.4. The van der Waals surface area contributed by atoms with Crippen LogP contribution < -0.4 is 5.32 Å². The van der Waals surface area contributed by atoms with E-state index >= 15 is 0 Å². The predicted octanol–water partition coefficient (Wildman–Crippen LogP) is 2.75. The average Bonchev–Trinajstić information content (AvgIpc) is 2.99. The second kappa shape index (κ2) is 3.10. The van der Waals surface area contributed by atoms with Crippen LogP contribution in [0.1, 0.15) is 24.5 Å². The number of nitrogens with one attached hydrogen (secondary N) is 1. The van der Waals surface area contributed by atoms with Gasteiger partial charge in [0.15, 0.2) is 0 Å². The van der Waals surface area contributed by atoms with E-state index in [4.69, 9.17) is 16.3 Å². The largest absolute Gasteiger partial charge is 0.441 e. The SMILES string of the molecule is O=C1Nc2nccc(Cl)c2C(C2CC2)O1. The van der Waals surface area contributed by atoms with E-state index in [0.29, 0.717) is 16.8 Å². The molecule has 2 aliphatic rings. The van der Waals surface area contributed by atoms with Crippen LogP contribution >= 0.6 is 11.6 Å². The molecule has 0 radical (unpaired) electrons. The highest BCUT2D eigenvalue weighted by molar-refractivity contribution is 6.31. The summed E-state index contributed by atoms with van der Waals surface area (Å²) in [5.41, 5.74) is 0.821. The lowest BCUT2D eigenvalue weighted by Gasteiger charge is -2.25. The van der Waals surface area contributed by atoms with Gasteiger partial charge in [-0.1, -0.05) is 11.6 Å².